The molecule has 0 aliphatic heterocycles. The molecule has 0 fully saturated rings. The fourth-order valence-electron chi connectivity index (χ4n) is 3.24. The number of hydrogen-bond donors (Lipinski definition) is 1. The second-order valence-electron chi connectivity index (χ2n) is 6.78. The van der Waals surface area contributed by atoms with Crippen LogP contribution in [-0.2, 0) is 0 Å². The third kappa shape index (κ3) is 3.65. The summed E-state index contributed by atoms with van der Waals surface area (Å²) in [5.41, 5.74) is 5.35. The molecule has 142 valence electrons. The zero-order valence-electron chi connectivity index (χ0n) is 16.2. The van der Waals surface area contributed by atoms with Gasteiger partial charge >= 0.3 is 0 Å². The highest BCUT2D eigenvalue weighted by atomic mass is 15.1. The number of fused-ring (bicyclic) bond motifs is 1. The molecular formula is C26H18N4. The van der Waals surface area contributed by atoms with Gasteiger partial charge in [0.25, 0.3) is 0 Å². The molecule has 0 radical (unpaired) electrons. The average molecular weight is 386 g/mol. The Kier molecular flexibility index (Phi) is 4.69. The minimum atomic E-state index is 0.726. The van der Waals surface area contributed by atoms with Gasteiger partial charge in [-0.05, 0) is 54.5 Å². The van der Waals surface area contributed by atoms with Crippen LogP contribution in [0.2, 0.25) is 0 Å². The van der Waals surface area contributed by atoms with Crippen LogP contribution in [0.15, 0.2) is 103 Å². The zero-order valence-corrected chi connectivity index (χ0v) is 16.2. The smallest absolute Gasteiger partial charge is 0.143 e. The van der Waals surface area contributed by atoms with Crippen LogP contribution in [-0.4, -0.2) is 14.4 Å². The van der Waals surface area contributed by atoms with E-state index in [4.69, 9.17) is 4.98 Å². The van der Waals surface area contributed by atoms with Gasteiger partial charge in [-0.25, -0.2) is 9.97 Å². The lowest BCUT2D eigenvalue weighted by molar-refractivity contribution is 1.18. The summed E-state index contributed by atoms with van der Waals surface area (Å²) in [5, 5.41) is 3.50. The van der Waals surface area contributed by atoms with Gasteiger partial charge in [0.1, 0.15) is 22.9 Å². The van der Waals surface area contributed by atoms with Crippen molar-refractivity contribution < 1.29 is 0 Å². The van der Waals surface area contributed by atoms with Crippen LogP contribution >= 0.6 is 0 Å². The van der Waals surface area contributed by atoms with E-state index in [-0.39, 0.29) is 0 Å². The largest absolute Gasteiger partial charge is 0.339 e. The van der Waals surface area contributed by atoms with Gasteiger partial charge in [-0.2, -0.15) is 0 Å². The number of imidazole rings is 1. The first-order valence-electron chi connectivity index (χ1n) is 9.69. The second-order valence-corrected chi connectivity index (χ2v) is 6.78. The predicted octanol–water partition coefficient (Wildman–Crippen LogP) is 5.54. The van der Waals surface area contributed by atoms with Gasteiger partial charge in [-0.15, -0.1) is 0 Å². The maximum atomic E-state index is 4.83. The van der Waals surface area contributed by atoms with Gasteiger partial charge in [0, 0.05) is 29.2 Å². The number of hydrogen-bond acceptors (Lipinski definition) is 3. The second kappa shape index (κ2) is 7.94. The molecule has 4 heteroatoms. The fourth-order valence-corrected chi connectivity index (χ4v) is 3.24. The molecule has 1 N–H and O–H groups in total. The van der Waals surface area contributed by atoms with Crippen LogP contribution in [0.25, 0.3) is 16.9 Å². The summed E-state index contributed by atoms with van der Waals surface area (Å²) in [5.74, 6) is 7.16. The van der Waals surface area contributed by atoms with Gasteiger partial charge in [0.2, 0.25) is 0 Å². The maximum Gasteiger partial charge on any atom is 0.143 e. The third-order valence-electron chi connectivity index (χ3n) is 4.71. The van der Waals surface area contributed by atoms with E-state index in [9.17, 15) is 0 Å². The minimum absolute atomic E-state index is 0.726. The van der Waals surface area contributed by atoms with Crippen molar-refractivity contribution in [3.63, 3.8) is 0 Å². The quantitative estimate of drug-likeness (QED) is 0.414. The molecule has 0 amide bonds. The Morgan fingerprint density at radius 1 is 0.733 bits per heavy atom. The summed E-state index contributed by atoms with van der Waals surface area (Å²) in [4.78, 5) is 9.36. The standard InChI is InChI=1S/C26H18N4/c1-3-9-20(10-4-1)14-16-22-17-15-21(19-27-22)25-26(28-23-11-5-2-6-12-23)30-18-8-7-13-24(30)29-25/h1-13,15,17-19,28H. The Balaban J connectivity index is 1.51. The Labute approximate surface area is 174 Å². The number of rotatable bonds is 3. The number of pyridine rings is 2. The van der Waals surface area contributed by atoms with Crippen LogP contribution in [0.5, 0.6) is 0 Å². The zero-order chi connectivity index (χ0) is 20.2. The molecule has 5 rings (SSSR count). The highest BCUT2D eigenvalue weighted by Gasteiger charge is 2.14. The number of nitrogens with one attached hydrogen (secondary N) is 1. The molecule has 2 aromatic carbocycles. The van der Waals surface area contributed by atoms with Crippen molar-refractivity contribution in [1.82, 2.24) is 14.4 Å². The highest BCUT2D eigenvalue weighted by Crippen LogP contribution is 2.30. The van der Waals surface area contributed by atoms with Crippen molar-refractivity contribution >= 4 is 17.2 Å². The predicted molar refractivity (Wildman–Crippen MR) is 121 cm³/mol. The van der Waals surface area contributed by atoms with Crippen LogP contribution in [0.3, 0.4) is 0 Å². The number of aromatic nitrogens is 3. The van der Waals surface area contributed by atoms with E-state index >= 15 is 0 Å². The molecule has 0 saturated heterocycles. The van der Waals surface area contributed by atoms with E-state index in [0.717, 1.165) is 39.7 Å². The molecule has 3 aromatic heterocycles. The third-order valence-corrected chi connectivity index (χ3v) is 4.71. The van der Waals surface area contributed by atoms with E-state index < -0.39 is 0 Å². The molecule has 0 atom stereocenters. The highest BCUT2D eigenvalue weighted by molar-refractivity contribution is 5.79. The van der Waals surface area contributed by atoms with Crippen molar-refractivity contribution in [1.29, 1.82) is 0 Å². The molecule has 0 spiro atoms. The summed E-state index contributed by atoms with van der Waals surface area (Å²) in [6.07, 6.45) is 3.83. The molecule has 0 saturated carbocycles. The first-order valence-corrected chi connectivity index (χ1v) is 9.69. The van der Waals surface area contributed by atoms with Crippen molar-refractivity contribution in [2.45, 2.75) is 0 Å². The Morgan fingerprint density at radius 3 is 2.27 bits per heavy atom. The van der Waals surface area contributed by atoms with Crippen molar-refractivity contribution in [3.8, 4) is 23.1 Å². The normalized spacial score (nSPS) is 10.4. The first-order chi connectivity index (χ1) is 14.9. The van der Waals surface area contributed by atoms with E-state index in [1.165, 1.54) is 0 Å². The average Bonchev–Trinajstić information content (AvgIpc) is 3.18. The molecule has 4 nitrogen and oxygen atoms in total. The number of nitrogens with zero attached hydrogens (tertiary/aromatic N) is 3. The van der Waals surface area contributed by atoms with Gasteiger partial charge in [0.15, 0.2) is 0 Å². The summed E-state index contributed by atoms with van der Waals surface area (Å²) < 4.78 is 2.05. The van der Waals surface area contributed by atoms with Gasteiger partial charge in [-0.3, -0.25) is 4.40 Å². The van der Waals surface area contributed by atoms with Crippen molar-refractivity contribution in [2.24, 2.45) is 0 Å². The van der Waals surface area contributed by atoms with E-state index in [0.29, 0.717) is 0 Å². The van der Waals surface area contributed by atoms with Gasteiger partial charge in [0.05, 0.1) is 0 Å². The minimum Gasteiger partial charge on any atom is -0.339 e. The summed E-state index contributed by atoms with van der Waals surface area (Å²) in [7, 11) is 0. The van der Waals surface area contributed by atoms with Crippen molar-refractivity contribution in [2.75, 3.05) is 5.32 Å². The van der Waals surface area contributed by atoms with Crippen LogP contribution in [0.1, 0.15) is 11.3 Å². The molecule has 0 aliphatic carbocycles. The van der Waals surface area contributed by atoms with E-state index in [1.54, 1.807) is 0 Å². The SMILES string of the molecule is C(#Cc1ccc(-c2nc3ccccn3c2Nc2ccccc2)cn1)c1ccccc1. The Morgan fingerprint density at radius 2 is 1.50 bits per heavy atom. The summed E-state index contributed by atoms with van der Waals surface area (Å²) in [6.45, 7) is 0. The van der Waals surface area contributed by atoms with E-state index in [2.05, 4.69) is 22.1 Å². The van der Waals surface area contributed by atoms with Crippen LogP contribution in [0, 0.1) is 11.8 Å². The summed E-state index contributed by atoms with van der Waals surface area (Å²) >= 11 is 0. The lowest BCUT2D eigenvalue weighted by Crippen LogP contribution is -1.96. The maximum absolute atomic E-state index is 4.83. The molecule has 30 heavy (non-hydrogen) atoms. The summed E-state index contributed by atoms with van der Waals surface area (Å²) in [6, 6.07) is 29.9. The molecule has 0 unspecified atom stereocenters. The fraction of sp³-hybridized carbons (Fsp3) is 0. The molecule has 5 aromatic rings. The lowest BCUT2D eigenvalue weighted by Gasteiger charge is -2.08. The number of benzene rings is 2. The van der Waals surface area contributed by atoms with Crippen LogP contribution < -0.4 is 5.32 Å². The molecule has 3 heterocycles. The van der Waals surface area contributed by atoms with Gasteiger partial charge < -0.3 is 5.32 Å². The van der Waals surface area contributed by atoms with Gasteiger partial charge in [-0.1, -0.05) is 48.4 Å². The van der Waals surface area contributed by atoms with Crippen molar-refractivity contribution in [3.05, 3.63) is 115 Å². The number of anilines is 2. The Bertz CT molecular complexity index is 1340. The molecule has 0 aliphatic rings. The van der Waals surface area contributed by atoms with E-state index in [1.807, 2.05) is 108 Å². The molecular weight excluding hydrogens is 368 g/mol. The monoisotopic (exact) mass is 386 g/mol. The molecule has 0 bridgehead atoms. The lowest BCUT2D eigenvalue weighted by atomic mass is 10.2. The topological polar surface area (TPSA) is 42.2 Å². The Hall–Kier alpha value is -4.36. The van der Waals surface area contributed by atoms with Crippen LogP contribution in [0.4, 0.5) is 11.5 Å². The number of para-hydroxylation sites is 1. The first kappa shape index (κ1) is 17.7.